The Morgan fingerprint density at radius 3 is 2.83 bits per heavy atom. The van der Waals surface area contributed by atoms with Gasteiger partial charge in [-0.05, 0) is 18.6 Å². The highest BCUT2D eigenvalue weighted by Crippen LogP contribution is 2.40. The number of carbonyl (C=O) groups excluding carboxylic acids is 2. The number of methoxy groups -OCH3 is 1. The Labute approximate surface area is 143 Å². The fraction of sp³-hybridized carbons (Fsp3) is 0.250. The molecule has 1 aromatic rings. The number of nitriles is 1. The van der Waals surface area contributed by atoms with Crippen LogP contribution < -0.4 is 11.1 Å². The van der Waals surface area contributed by atoms with Crippen molar-refractivity contribution in [1.82, 2.24) is 10.3 Å². The molecule has 0 saturated heterocycles. The van der Waals surface area contributed by atoms with Gasteiger partial charge in [0.2, 0.25) is 5.91 Å². The van der Waals surface area contributed by atoms with Gasteiger partial charge in [-0.25, -0.2) is 4.79 Å². The van der Waals surface area contributed by atoms with E-state index >= 15 is 0 Å². The van der Waals surface area contributed by atoms with Crippen LogP contribution in [0.3, 0.4) is 0 Å². The van der Waals surface area contributed by atoms with Crippen molar-refractivity contribution in [2.75, 3.05) is 12.9 Å². The van der Waals surface area contributed by atoms with Crippen LogP contribution in [0, 0.1) is 11.3 Å². The highest BCUT2D eigenvalue weighted by Gasteiger charge is 2.35. The molecule has 24 heavy (non-hydrogen) atoms. The molecular weight excluding hydrogens is 328 g/mol. The third-order valence-electron chi connectivity index (χ3n) is 3.43. The summed E-state index contributed by atoms with van der Waals surface area (Å²) in [6.45, 7) is 1.72. The van der Waals surface area contributed by atoms with E-state index in [1.165, 1.54) is 7.11 Å². The minimum atomic E-state index is -0.618. The van der Waals surface area contributed by atoms with E-state index in [1.54, 1.807) is 31.5 Å². The molecule has 0 radical (unpaired) electrons. The summed E-state index contributed by atoms with van der Waals surface area (Å²) in [6.07, 6.45) is 3.21. The van der Waals surface area contributed by atoms with Gasteiger partial charge >= 0.3 is 5.97 Å². The zero-order valence-corrected chi connectivity index (χ0v) is 14.0. The van der Waals surface area contributed by atoms with Gasteiger partial charge in [-0.3, -0.25) is 9.78 Å². The maximum absolute atomic E-state index is 12.2. The number of amides is 1. The van der Waals surface area contributed by atoms with E-state index in [2.05, 4.69) is 16.4 Å². The second-order valence-corrected chi connectivity index (χ2v) is 5.97. The number of dihydropyridines is 1. The summed E-state index contributed by atoms with van der Waals surface area (Å²) in [5.74, 6) is -1.62. The quantitative estimate of drug-likeness (QED) is 0.770. The van der Waals surface area contributed by atoms with Gasteiger partial charge in [0.05, 0.1) is 41.0 Å². The van der Waals surface area contributed by atoms with Gasteiger partial charge < -0.3 is 15.8 Å². The molecule has 0 bridgehead atoms. The predicted octanol–water partition coefficient (Wildman–Crippen LogP) is 1.17. The number of nitrogens with two attached hydrogens (primary N) is 1. The summed E-state index contributed by atoms with van der Waals surface area (Å²) in [4.78, 5) is 27.4. The maximum atomic E-state index is 12.2. The zero-order chi connectivity index (χ0) is 17.7. The second-order valence-electron chi connectivity index (χ2n) is 4.98. The number of thioether (sulfide) groups is 1. The Kier molecular flexibility index (Phi) is 5.60. The van der Waals surface area contributed by atoms with Crippen molar-refractivity contribution >= 4 is 23.6 Å². The van der Waals surface area contributed by atoms with Crippen LogP contribution >= 0.6 is 11.8 Å². The molecule has 8 heteroatoms. The highest BCUT2D eigenvalue weighted by atomic mass is 32.2. The number of hydrogen-bond acceptors (Lipinski definition) is 7. The van der Waals surface area contributed by atoms with Gasteiger partial charge in [0, 0.05) is 18.1 Å². The van der Waals surface area contributed by atoms with Crippen LogP contribution in [0.25, 0.3) is 0 Å². The molecule has 1 aromatic heterocycles. The number of nitrogens with zero attached hydrogens (tertiary/aromatic N) is 2. The molecule has 1 aliphatic heterocycles. The SMILES string of the molecule is COC(=O)C1=C(C)NC(SCC(N)=O)=C(C#N)C1c1cccnc1. The minimum absolute atomic E-state index is 0.0219. The Morgan fingerprint density at radius 2 is 2.29 bits per heavy atom. The number of pyridine rings is 1. The first-order valence-corrected chi connectivity index (χ1v) is 7.99. The molecule has 0 aromatic carbocycles. The highest BCUT2D eigenvalue weighted by molar-refractivity contribution is 8.03. The van der Waals surface area contributed by atoms with E-state index in [9.17, 15) is 14.9 Å². The largest absolute Gasteiger partial charge is 0.466 e. The lowest BCUT2D eigenvalue weighted by Crippen LogP contribution is -2.29. The third kappa shape index (κ3) is 3.58. The van der Waals surface area contributed by atoms with E-state index in [1.807, 2.05) is 0 Å². The fourth-order valence-electron chi connectivity index (χ4n) is 2.43. The van der Waals surface area contributed by atoms with Gasteiger partial charge in [-0.15, -0.1) is 0 Å². The molecule has 124 valence electrons. The lowest BCUT2D eigenvalue weighted by atomic mass is 9.83. The normalized spacial score (nSPS) is 17.1. The molecule has 0 fully saturated rings. The van der Waals surface area contributed by atoms with Crippen molar-refractivity contribution in [2.24, 2.45) is 5.73 Å². The van der Waals surface area contributed by atoms with Gasteiger partial charge in [-0.1, -0.05) is 17.8 Å². The first-order chi connectivity index (χ1) is 11.5. The first kappa shape index (κ1) is 17.6. The Hall–Kier alpha value is -2.79. The summed E-state index contributed by atoms with van der Waals surface area (Å²) in [6, 6.07) is 5.64. The van der Waals surface area contributed by atoms with E-state index < -0.39 is 17.8 Å². The van der Waals surface area contributed by atoms with Crippen molar-refractivity contribution < 1.29 is 14.3 Å². The fourth-order valence-corrected chi connectivity index (χ4v) is 3.26. The molecular formula is C16H16N4O3S. The maximum Gasteiger partial charge on any atom is 0.336 e. The van der Waals surface area contributed by atoms with Crippen molar-refractivity contribution in [3.05, 3.63) is 52.0 Å². The van der Waals surface area contributed by atoms with E-state index in [0.29, 0.717) is 27.4 Å². The average Bonchev–Trinajstić information content (AvgIpc) is 2.59. The summed E-state index contributed by atoms with van der Waals surface area (Å²) >= 11 is 1.13. The standard InChI is InChI=1S/C16H16N4O3S/c1-9-13(16(22)23-2)14(10-4-3-5-19-7-10)11(6-17)15(20-9)24-8-12(18)21/h3-5,7,14,20H,8H2,1-2H3,(H2,18,21). The van der Waals surface area contributed by atoms with Crippen molar-refractivity contribution in [3.8, 4) is 6.07 Å². The number of rotatable bonds is 5. The Morgan fingerprint density at radius 1 is 1.54 bits per heavy atom. The molecule has 0 aliphatic carbocycles. The molecule has 2 rings (SSSR count). The smallest absolute Gasteiger partial charge is 0.336 e. The van der Waals surface area contributed by atoms with Crippen molar-refractivity contribution in [3.63, 3.8) is 0 Å². The van der Waals surface area contributed by atoms with E-state index in [0.717, 1.165) is 11.8 Å². The lowest BCUT2D eigenvalue weighted by molar-refractivity contribution is -0.136. The number of allylic oxidation sites excluding steroid dienone is 2. The van der Waals surface area contributed by atoms with Crippen molar-refractivity contribution in [1.29, 1.82) is 5.26 Å². The first-order valence-electron chi connectivity index (χ1n) is 7.01. The Bertz CT molecular complexity index is 765. The van der Waals surface area contributed by atoms with Gasteiger partial charge in [0.15, 0.2) is 0 Å². The van der Waals surface area contributed by atoms with Gasteiger partial charge in [0.1, 0.15) is 0 Å². The monoisotopic (exact) mass is 344 g/mol. The van der Waals surface area contributed by atoms with Crippen LogP contribution in [0.5, 0.6) is 0 Å². The van der Waals surface area contributed by atoms with Gasteiger partial charge in [0.25, 0.3) is 0 Å². The number of hydrogen-bond donors (Lipinski definition) is 2. The van der Waals surface area contributed by atoms with Crippen LogP contribution in [0.15, 0.2) is 46.4 Å². The number of aromatic nitrogens is 1. The van der Waals surface area contributed by atoms with Crippen LogP contribution in [0.1, 0.15) is 18.4 Å². The average molecular weight is 344 g/mol. The summed E-state index contributed by atoms with van der Waals surface area (Å²) in [7, 11) is 1.29. The number of nitrogens with one attached hydrogen (secondary N) is 1. The van der Waals surface area contributed by atoms with E-state index in [4.69, 9.17) is 10.5 Å². The van der Waals surface area contributed by atoms with Crippen molar-refractivity contribution in [2.45, 2.75) is 12.8 Å². The second kappa shape index (κ2) is 7.66. The van der Waals surface area contributed by atoms with Gasteiger partial charge in [-0.2, -0.15) is 5.26 Å². The van der Waals surface area contributed by atoms with Crippen LogP contribution in [-0.4, -0.2) is 29.7 Å². The number of ether oxygens (including phenoxy) is 1. The molecule has 2 heterocycles. The molecule has 0 spiro atoms. The Balaban J connectivity index is 2.57. The molecule has 7 nitrogen and oxygen atoms in total. The van der Waals surface area contributed by atoms with Crippen LogP contribution in [0.2, 0.25) is 0 Å². The van der Waals surface area contributed by atoms with Crippen LogP contribution in [-0.2, 0) is 14.3 Å². The number of carbonyl (C=O) groups is 2. The number of esters is 1. The van der Waals surface area contributed by atoms with Crippen LogP contribution in [0.4, 0.5) is 0 Å². The molecule has 1 amide bonds. The molecule has 1 atom stereocenters. The number of primary amides is 1. The molecule has 1 aliphatic rings. The zero-order valence-electron chi connectivity index (χ0n) is 13.2. The lowest BCUT2D eigenvalue weighted by Gasteiger charge is -2.28. The summed E-state index contributed by atoms with van der Waals surface area (Å²) < 4.78 is 4.87. The molecule has 1 unspecified atom stereocenters. The summed E-state index contributed by atoms with van der Waals surface area (Å²) in [5, 5.41) is 13.1. The third-order valence-corrected chi connectivity index (χ3v) is 4.47. The summed E-state index contributed by atoms with van der Waals surface area (Å²) in [5.41, 5.74) is 7.09. The minimum Gasteiger partial charge on any atom is -0.466 e. The molecule has 3 N–H and O–H groups in total. The topological polar surface area (TPSA) is 118 Å². The molecule has 0 saturated carbocycles. The predicted molar refractivity (Wildman–Crippen MR) is 89.1 cm³/mol. The van der Waals surface area contributed by atoms with E-state index in [-0.39, 0.29) is 5.75 Å².